The fourth-order valence-electron chi connectivity index (χ4n) is 2.82. The van der Waals surface area contributed by atoms with Gasteiger partial charge in [0.15, 0.2) is 0 Å². The van der Waals surface area contributed by atoms with Gasteiger partial charge in [-0.15, -0.1) is 0 Å². The maximum atomic E-state index is 12.9. The molecule has 0 aliphatic carbocycles. The Hall–Kier alpha value is -4.18. The van der Waals surface area contributed by atoms with Crippen molar-refractivity contribution in [2.45, 2.75) is 13.1 Å². The van der Waals surface area contributed by atoms with E-state index in [1.165, 1.54) is 6.07 Å². The maximum Gasteiger partial charge on any atom is 0.416 e. The van der Waals surface area contributed by atoms with Crippen LogP contribution in [0.5, 0.6) is 5.75 Å². The molecule has 0 aliphatic rings. The number of halogens is 4. The Morgan fingerprint density at radius 3 is 2.37 bits per heavy atom. The zero-order valence-corrected chi connectivity index (χ0v) is 18.8. The topological polar surface area (TPSA) is 96.9 Å². The number of carbonyl (C=O) groups excluding carboxylic acids is 3. The Morgan fingerprint density at radius 1 is 0.971 bits per heavy atom. The molecule has 180 valence electrons. The first kappa shape index (κ1) is 25.4. The molecule has 0 aromatic heterocycles. The minimum atomic E-state index is -4.66. The third-order valence-electron chi connectivity index (χ3n) is 4.60. The van der Waals surface area contributed by atoms with Crippen molar-refractivity contribution in [2.24, 2.45) is 5.10 Å². The molecule has 3 aromatic carbocycles. The number of para-hydroxylation sites is 1. The molecule has 0 atom stereocenters. The molecule has 2 N–H and O–H groups in total. The molecule has 0 heterocycles. The summed E-state index contributed by atoms with van der Waals surface area (Å²) in [6.07, 6.45) is -3.52. The minimum Gasteiger partial charge on any atom is -0.422 e. The number of ether oxygens (including phenoxy) is 1. The van der Waals surface area contributed by atoms with Crippen molar-refractivity contribution in [3.63, 3.8) is 0 Å². The average molecular weight is 504 g/mol. The first-order valence-electron chi connectivity index (χ1n) is 9.94. The van der Waals surface area contributed by atoms with E-state index in [-0.39, 0.29) is 16.5 Å². The van der Waals surface area contributed by atoms with Crippen LogP contribution in [0.3, 0.4) is 0 Å². The maximum absolute atomic E-state index is 12.9. The van der Waals surface area contributed by atoms with Crippen LogP contribution in [0, 0.1) is 6.92 Å². The van der Waals surface area contributed by atoms with Gasteiger partial charge in [-0.3, -0.25) is 9.59 Å². The summed E-state index contributed by atoms with van der Waals surface area (Å²) in [5.74, 6) is -2.99. The largest absolute Gasteiger partial charge is 0.422 e. The predicted octanol–water partition coefficient (Wildman–Crippen LogP) is 4.98. The van der Waals surface area contributed by atoms with Crippen LogP contribution < -0.4 is 15.5 Å². The number of aryl methyl sites for hydroxylation is 1. The van der Waals surface area contributed by atoms with Gasteiger partial charge in [0.25, 0.3) is 0 Å². The number of alkyl halides is 3. The second-order valence-electron chi connectivity index (χ2n) is 7.09. The van der Waals surface area contributed by atoms with Crippen molar-refractivity contribution in [3.8, 4) is 5.75 Å². The van der Waals surface area contributed by atoms with E-state index < -0.39 is 29.5 Å². The first-order chi connectivity index (χ1) is 16.6. The molecule has 3 rings (SSSR count). The van der Waals surface area contributed by atoms with Gasteiger partial charge >= 0.3 is 24.0 Å². The smallest absolute Gasteiger partial charge is 0.416 e. The molecule has 3 aromatic rings. The summed E-state index contributed by atoms with van der Waals surface area (Å²) in [4.78, 5) is 36.6. The van der Waals surface area contributed by atoms with E-state index >= 15 is 0 Å². The van der Waals surface area contributed by atoms with Gasteiger partial charge < -0.3 is 10.1 Å². The number of amides is 2. The van der Waals surface area contributed by atoms with E-state index in [2.05, 4.69) is 5.10 Å². The number of rotatable bonds is 5. The van der Waals surface area contributed by atoms with Crippen molar-refractivity contribution in [2.75, 3.05) is 5.32 Å². The van der Waals surface area contributed by atoms with Gasteiger partial charge in [-0.1, -0.05) is 41.9 Å². The van der Waals surface area contributed by atoms with Crippen LogP contribution in [0.1, 0.15) is 27.0 Å². The van der Waals surface area contributed by atoms with Crippen LogP contribution in [-0.2, 0) is 15.8 Å². The summed E-state index contributed by atoms with van der Waals surface area (Å²) in [7, 11) is 0. The fraction of sp³-hybridized carbons (Fsp3) is 0.0833. The molecule has 0 aliphatic heterocycles. The van der Waals surface area contributed by atoms with E-state index in [0.717, 1.165) is 23.9 Å². The quantitative estimate of drug-likeness (QED) is 0.169. The molecule has 0 unspecified atom stereocenters. The summed E-state index contributed by atoms with van der Waals surface area (Å²) >= 11 is 5.81. The van der Waals surface area contributed by atoms with Gasteiger partial charge in [0.05, 0.1) is 28.1 Å². The monoisotopic (exact) mass is 503 g/mol. The molecule has 35 heavy (non-hydrogen) atoms. The van der Waals surface area contributed by atoms with Crippen molar-refractivity contribution in [3.05, 3.63) is 94.0 Å². The number of nitrogens with one attached hydrogen (secondary N) is 2. The van der Waals surface area contributed by atoms with Gasteiger partial charge in [-0.25, -0.2) is 10.2 Å². The van der Waals surface area contributed by atoms with Crippen molar-refractivity contribution in [1.82, 2.24) is 5.43 Å². The van der Waals surface area contributed by atoms with Gasteiger partial charge in [0.2, 0.25) is 0 Å². The Bertz CT molecular complexity index is 1310. The highest BCUT2D eigenvalue weighted by Crippen LogP contribution is 2.33. The van der Waals surface area contributed by atoms with E-state index in [4.69, 9.17) is 16.3 Å². The predicted molar refractivity (Wildman–Crippen MR) is 123 cm³/mol. The second-order valence-corrected chi connectivity index (χ2v) is 7.50. The lowest BCUT2D eigenvalue weighted by Gasteiger charge is -2.11. The number of anilines is 1. The van der Waals surface area contributed by atoms with Crippen LogP contribution in [0.4, 0.5) is 18.9 Å². The third-order valence-corrected chi connectivity index (χ3v) is 4.93. The van der Waals surface area contributed by atoms with Gasteiger partial charge in [0, 0.05) is 5.56 Å². The zero-order valence-electron chi connectivity index (χ0n) is 18.0. The van der Waals surface area contributed by atoms with Crippen molar-refractivity contribution in [1.29, 1.82) is 0 Å². The van der Waals surface area contributed by atoms with E-state index in [1.54, 1.807) is 49.4 Å². The number of esters is 1. The summed E-state index contributed by atoms with van der Waals surface area (Å²) in [6, 6.07) is 15.5. The molecular weight excluding hydrogens is 487 g/mol. The Morgan fingerprint density at radius 2 is 1.66 bits per heavy atom. The summed E-state index contributed by atoms with van der Waals surface area (Å²) in [5, 5.41) is 5.47. The standard InChI is InChI=1S/C24H17ClF3N3O4/c1-14-6-2-4-8-17(14)23(34)35-20-9-5-3-7-15(20)13-29-31-22(33)21(32)30-19-12-16(24(26,27)28)10-11-18(19)25/h2-13H,1H3,(H,30,32)(H,31,33). The lowest BCUT2D eigenvalue weighted by Crippen LogP contribution is -2.32. The third kappa shape index (κ3) is 6.67. The molecule has 2 amide bonds. The lowest BCUT2D eigenvalue weighted by molar-refractivity contribution is -0.137. The highest BCUT2D eigenvalue weighted by Gasteiger charge is 2.31. The Balaban J connectivity index is 1.66. The van der Waals surface area contributed by atoms with E-state index in [9.17, 15) is 27.6 Å². The average Bonchev–Trinajstić information content (AvgIpc) is 2.81. The molecule has 0 saturated carbocycles. The number of benzene rings is 3. The van der Waals surface area contributed by atoms with Gasteiger partial charge in [0.1, 0.15) is 5.75 Å². The van der Waals surface area contributed by atoms with E-state index in [1.807, 2.05) is 10.7 Å². The molecular formula is C24H17ClF3N3O4. The number of hydrazone groups is 1. The molecule has 7 nitrogen and oxygen atoms in total. The van der Waals surface area contributed by atoms with E-state index in [0.29, 0.717) is 17.2 Å². The van der Waals surface area contributed by atoms with Crippen LogP contribution >= 0.6 is 11.6 Å². The zero-order chi connectivity index (χ0) is 25.6. The molecule has 11 heteroatoms. The number of hydrogen-bond donors (Lipinski definition) is 2. The molecule has 0 bridgehead atoms. The summed E-state index contributed by atoms with van der Waals surface area (Å²) in [6.45, 7) is 1.76. The van der Waals surface area contributed by atoms with Crippen molar-refractivity contribution < 1.29 is 32.3 Å². The number of carbonyl (C=O) groups is 3. The SMILES string of the molecule is Cc1ccccc1C(=O)Oc1ccccc1C=NNC(=O)C(=O)Nc1cc(C(F)(F)F)ccc1Cl. The minimum absolute atomic E-state index is 0.152. The lowest BCUT2D eigenvalue weighted by atomic mass is 10.1. The van der Waals surface area contributed by atoms with Crippen LogP contribution in [0.2, 0.25) is 5.02 Å². The van der Waals surface area contributed by atoms with Crippen LogP contribution in [0.15, 0.2) is 71.8 Å². The Labute approximate surface area is 202 Å². The summed E-state index contributed by atoms with van der Waals surface area (Å²) in [5.41, 5.74) is 1.92. The Kier molecular flexibility index (Phi) is 7.87. The van der Waals surface area contributed by atoms with Crippen molar-refractivity contribution >= 4 is 41.3 Å². The molecule has 0 saturated heterocycles. The first-order valence-corrected chi connectivity index (χ1v) is 10.3. The molecule has 0 radical (unpaired) electrons. The van der Waals surface area contributed by atoms with Crippen LogP contribution in [-0.4, -0.2) is 24.0 Å². The highest BCUT2D eigenvalue weighted by molar-refractivity contribution is 6.41. The number of hydrogen-bond acceptors (Lipinski definition) is 5. The van der Waals surface area contributed by atoms with Gasteiger partial charge in [-0.2, -0.15) is 18.3 Å². The van der Waals surface area contributed by atoms with Crippen LogP contribution in [0.25, 0.3) is 0 Å². The highest BCUT2D eigenvalue weighted by atomic mass is 35.5. The van der Waals surface area contributed by atoms with Gasteiger partial charge in [-0.05, 0) is 48.9 Å². The number of nitrogens with zero attached hydrogens (tertiary/aromatic N) is 1. The molecule has 0 fully saturated rings. The second kappa shape index (κ2) is 10.8. The molecule has 0 spiro atoms. The summed E-state index contributed by atoms with van der Waals surface area (Å²) < 4.78 is 44.0. The fourth-order valence-corrected chi connectivity index (χ4v) is 2.99. The normalized spacial score (nSPS) is 11.2.